The van der Waals surface area contributed by atoms with Gasteiger partial charge in [-0.15, -0.1) is 0 Å². The second-order valence-corrected chi connectivity index (χ2v) is 7.70. The monoisotopic (exact) mass is 444 g/mol. The van der Waals surface area contributed by atoms with Crippen LogP contribution in [0.15, 0.2) is 47.5 Å². The van der Waals surface area contributed by atoms with Crippen LogP contribution in [0, 0.1) is 6.92 Å². The van der Waals surface area contributed by atoms with Crippen LogP contribution < -0.4 is 4.90 Å². The lowest BCUT2D eigenvalue weighted by atomic mass is 10.1. The van der Waals surface area contributed by atoms with Crippen molar-refractivity contribution in [2.45, 2.75) is 32.2 Å². The molecule has 1 aliphatic rings. The third-order valence-corrected chi connectivity index (χ3v) is 5.42. The average molecular weight is 444 g/mol. The average Bonchev–Trinajstić information content (AvgIpc) is 3.38. The van der Waals surface area contributed by atoms with Crippen LogP contribution in [0.1, 0.15) is 29.9 Å². The fraction of sp³-hybridized carbons (Fsp3) is 0.333. The van der Waals surface area contributed by atoms with Crippen LogP contribution >= 0.6 is 0 Å². The molecule has 1 saturated heterocycles. The summed E-state index contributed by atoms with van der Waals surface area (Å²) in [6.45, 7) is 4.92. The molecule has 1 aliphatic heterocycles. The summed E-state index contributed by atoms with van der Waals surface area (Å²) < 4.78 is 52.1. The van der Waals surface area contributed by atoms with Crippen molar-refractivity contribution < 1.29 is 22.4 Å². The third kappa shape index (κ3) is 3.68. The quantitative estimate of drug-likeness (QED) is 0.471. The predicted molar refractivity (Wildman–Crippen MR) is 108 cm³/mol. The molecule has 5 rings (SSSR count). The highest BCUT2D eigenvalue weighted by atomic mass is 19.4. The largest absolute Gasteiger partial charge is 0.417 e. The maximum atomic E-state index is 13.2. The molecule has 2 atom stereocenters. The Morgan fingerprint density at radius 3 is 2.69 bits per heavy atom. The number of hydrogen-bond donors (Lipinski definition) is 0. The second kappa shape index (κ2) is 7.59. The summed E-state index contributed by atoms with van der Waals surface area (Å²) in [6, 6.07) is 4.10. The number of aromatic nitrogens is 5. The highest BCUT2D eigenvalue weighted by Crippen LogP contribution is 2.32. The van der Waals surface area contributed by atoms with E-state index in [1.807, 2.05) is 13.8 Å². The number of anilines is 1. The zero-order valence-corrected chi connectivity index (χ0v) is 17.2. The van der Waals surface area contributed by atoms with Crippen LogP contribution in [-0.2, 0) is 10.9 Å². The Morgan fingerprint density at radius 1 is 1.09 bits per heavy atom. The summed E-state index contributed by atoms with van der Waals surface area (Å²) in [6.07, 6.45) is 0.940. The summed E-state index contributed by atoms with van der Waals surface area (Å²) in [7, 11) is 0. The number of hydrogen-bond acceptors (Lipinski definition) is 7. The summed E-state index contributed by atoms with van der Waals surface area (Å²) in [5.74, 6) is 1.62. The number of alkyl halides is 3. The Morgan fingerprint density at radius 2 is 1.94 bits per heavy atom. The Hall–Kier alpha value is -3.47. The standard InChI is InChI=1S/C21H19F3N6O2/c1-12-9-29(11-17(31-12)15-7-27-32-13(15)2)19-5-6-25-20(28-19)16-8-26-18-4-3-14(10-30(16)18)21(22,23)24/h3-8,10,12,17H,9,11H2,1-2H3/t12-,17+/m0/s1. The van der Waals surface area contributed by atoms with Crippen LogP contribution in [0.25, 0.3) is 17.2 Å². The molecule has 0 aromatic carbocycles. The molecule has 0 radical (unpaired) electrons. The van der Waals surface area contributed by atoms with Gasteiger partial charge in [0.2, 0.25) is 0 Å². The van der Waals surface area contributed by atoms with Gasteiger partial charge in [-0.1, -0.05) is 5.16 Å². The van der Waals surface area contributed by atoms with Gasteiger partial charge in [-0.05, 0) is 32.0 Å². The fourth-order valence-corrected chi connectivity index (χ4v) is 3.89. The van der Waals surface area contributed by atoms with Gasteiger partial charge in [-0.2, -0.15) is 13.2 Å². The van der Waals surface area contributed by atoms with E-state index in [0.29, 0.717) is 36.0 Å². The topological polar surface area (TPSA) is 81.6 Å². The molecule has 0 aliphatic carbocycles. The Kier molecular flexibility index (Phi) is 4.85. The first-order valence-corrected chi connectivity index (χ1v) is 9.99. The van der Waals surface area contributed by atoms with Crippen LogP contribution in [0.3, 0.4) is 0 Å². The summed E-state index contributed by atoms with van der Waals surface area (Å²) in [5.41, 5.74) is 0.859. The zero-order chi connectivity index (χ0) is 22.5. The van der Waals surface area contributed by atoms with Crippen molar-refractivity contribution in [3.8, 4) is 11.5 Å². The first kappa shape index (κ1) is 20.4. The molecule has 4 aromatic heterocycles. The van der Waals surface area contributed by atoms with Gasteiger partial charge in [0.25, 0.3) is 0 Å². The number of imidazole rings is 1. The Labute approximate surface area is 180 Å². The molecule has 4 aromatic rings. The van der Waals surface area contributed by atoms with Crippen molar-refractivity contribution in [3.05, 3.63) is 59.9 Å². The van der Waals surface area contributed by atoms with E-state index in [0.717, 1.165) is 17.8 Å². The molecular weight excluding hydrogens is 425 g/mol. The molecule has 8 nitrogen and oxygen atoms in total. The number of halogens is 3. The summed E-state index contributed by atoms with van der Waals surface area (Å²) >= 11 is 0. The number of aryl methyl sites for hydroxylation is 1. The predicted octanol–water partition coefficient (Wildman–Crippen LogP) is 4.07. The first-order valence-electron chi connectivity index (χ1n) is 9.99. The van der Waals surface area contributed by atoms with E-state index in [1.165, 1.54) is 16.7 Å². The van der Waals surface area contributed by atoms with Crippen molar-refractivity contribution in [2.75, 3.05) is 18.0 Å². The molecule has 0 bridgehead atoms. The molecule has 11 heteroatoms. The maximum absolute atomic E-state index is 13.2. The summed E-state index contributed by atoms with van der Waals surface area (Å²) in [5, 5.41) is 3.83. The molecule has 1 fully saturated rings. The molecule has 166 valence electrons. The molecule has 0 saturated carbocycles. The highest BCUT2D eigenvalue weighted by Gasteiger charge is 2.32. The summed E-state index contributed by atoms with van der Waals surface area (Å²) in [4.78, 5) is 15.2. The maximum Gasteiger partial charge on any atom is 0.417 e. The van der Waals surface area contributed by atoms with Crippen LogP contribution in [0.4, 0.5) is 19.0 Å². The van der Waals surface area contributed by atoms with Crippen LogP contribution in [0.5, 0.6) is 0 Å². The Balaban J connectivity index is 1.49. The molecule has 32 heavy (non-hydrogen) atoms. The third-order valence-electron chi connectivity index (χ3n) is 5.42. The molecule has 0 spiro atoms. The van der Waals surface area contributed by atoms with Crippen molar-refractivity contribution in [1.29, 1.82) is 0 Å². The van der Waals surface area contributed by atoms with Gasteiger partial charge >= 0.3 is 6.18 Å². The normalized spacial score (nSPS) is 19.6. The zero-order valence-electron chi connectivity index (χ0n) is 17.2. The van der Waals surface area contributed by atoms with Crippen molar-refractivity contribution in [3.63, 3.8) is 0 Å². The molecule has 0 amide bonds. The van der Waals surface area contributed by atoms with E-state index in [4.69, 9.17) is 9.26 Å². The number of nitrogens with zero attached hydrogens (tertiary/aromatic N) is 6. The van der Waals surface area contributed by atoms with Crippen molar-refractivity contribution in [1.82, 2.24) is 24.5 Å². The number of fused-ring (bicyclic) bond motifs is 1. The van der Waals surface area contributed by atoms with Gasteiger partial charge in [0.15, 0.2) is 5.82 Å². The van der Waals surface area contributed by atoms with Crippen molar-refractivity contribution in [2.24, 2.45) is 0 Å². The number of morpholine rings is 1. The van der Waals surface area contributed by atoms with Gasteiger partial charge in [0.1, 0.15) is 29.0 Å². The minimum absolute atomic E-state index is 0.0772. The van der Waals surface area contributed by atoms with E-state index in [9.17, 15) is 13.2 Å². The minimum Gasteiger partial charge on any atom is -0.367 e. The molecule has 0 N–H and O–H groups in total. The van der Waals surface area contributed by atoms with E-state index in [-0.39, 0.29) is 18.0 Å². The lowest BCUT2D eigenvalue weighted by molar-refractivity contribution is -0.137. The van der Waals surface area contributed by atoms with Gasteiger partial charge in [-0.3, -0.25) is 4.40 Å². The van der Waals surface area contributed by atoms with Crippen LogP contribution in [-0.4, -0.2) is 43.7 Å². The van der Waals surface area contributed by atoms with Gasteiger partial charge in [0.05, 0.1) is 30.6 Å². The number of pyridine rings is 1. The van der Waals surface area contributed by atoms with E-state index < -0.39 is 11.7 Å². The highest BCUT2D eigenvalue weighted by molar-refractivity contribution is 5.59. The van der Waals surface area contributed by atoms with Gasteiger partial charge < -0.3 is 14.2 Å². The fourth-order valence-electron chi connectivity index (χ4n) is 3.89. The van der Waals surface area contributed by atoms with Crippen molar-refractivity contribution >= 4 is 11.5 Å². The molecule has 5 heterocycles. The SMILES string of the molecule is Cc1oncc1[C@H]1CN(c2ccnc(-c3cnc4ccc(C(F)(F)F)cn34)n2)C[C@H](C)O1. The lowest BCUT2D eigenvalue weighted by Gasteiger charge is -2.37. The molecule has 0 unspecified atom stereocenters. The minimum atomic E-state index is -4.46. The van der Waals surface area contributed by atoms with Gasteiger partial charge in [-0.25, -0.2) is 15.0 Å². The van der Waals surface area contributed by atoms with E-state index >= 15 is 0 Å². The molecular formula is C21H19F3N6O2. The smallest absolute Gasteiger partial charge is 0.367 e. The van der Waals surface area contributed by atoms with Gasteiger partial charge in [0, 0.05) is 24.5 Å². The first-order chi connectivity index (χ1) is 15.3. The van der Waals surface area contributed by atoms with E-state index in [1.54, 1.807) is 18.5 Å². The Bertz CT molecular complexity index is 1270. The number of ether oxygens (including phenoxy) is 1. The van der Waals surface area contributed by atoms with E-state index in [2.05, 4.69) is 25.0 Å². The van der Waals surface area contributed by atoms with Crippen LogP contribution in [0.2, 0.25) is 0 Å². The second-order valence-electron chi connectivity index (χ2n) is 7.70. The lowest BCUT2D eigenvalue weighted by Crippen LogP contribution is -2.43. The number of rotatable bonds is 3.